The van der Waals surface area contributed by atoms with Gasteiger partial charge in [-0.15, -0.1) is 0 Å². The fraction of sp³-hybridized carbons (Fsp3) is 0.429. The van der Waals surface area contributed by atoms with Crippen molar-refractivity contribution in [3.05, 3.63) is 29.8 Å². The second kappa shape index (κ2) is 5.58. The Balaban J connectivity index is 1.94. The van der Waals surface area contributed by atoms with E-state index in [0.717, 1.165) is 30.3 Å². The Morgan fingerprint density at radius 1 is 1.31 bits per heavy atom. The van der Waals surface area contributed by atoms with Crippen molar-refractivity contribution in [2.75, 3.05) is 13.2 Å². The van der Waals surface area contributed by atoms with Crippen LogP contribution in [0.3, 0.4) is 0 Å². The zero-order valence-corrected chi connectivity index (χ0v) is 9.28. The maximum absolute atomic E-state index is 8.66. The van der Waals surface area contributed by atoms with Crippen molar-refractivity contribution < 1.29 is 9.84 Å². The lowest BCUT2D eigenvalue weighted by atomic mass is 10.2. The molecule has 1 aromatic rings. The van der Waals surface area contributed by atoms with Crippen LogP contribution < -0.4 is 4.74 Å². The predicted octanol–water partition coefficient (Wildman–Crippen LogP) is 2.21. The fourth-order valence-electron chi connectivity index (χ4n) is 1.57. The first-order valence-corrected chi connectivity index (χ1v) is 5.71. The first kappa shape index (κ1) is 11.0. The van der Waals surface area contributed by atoms with E-state index < -0.39 is 0 Å². The lowest BCUT2D eigenvalue weighted by Gasteiger charge is -2.07. The molecule has 0 bridgehead atoms. The summed E-state index contributed by atoms with van der Waals surface area (Å²) in [5, 5.41) is 8.66. The van der Waals surface area contributed by atoms with E-state index in [1.807, 2.05) is 24.3 Å². The van der Waals surface area contributed by atoms with Crippen molar-refractivity contribution >= 4 is 0 Å². The molecule has 2 rings (SSSR count). The average molecular weight is 216 g/mol. The average Bonchev–Trinajstić information content (AvgIpc) is 3.12. The van der Waals surface area contributed by atoms with E-state index in [0.29, 0.717) is 0 Å². The van der Waals surface area contributed by atoms with Gasteiger partial charge in [0.25, 0.3) is 0 Å². The second-order valence-corrected chi connectivity index (χ2v) is 4.04. The molecular weight excluding hydrogens is 200 g/mol. The van der Waals surface area contributed by atoms with Gasteiger partial charge in [0, 0.05) is 0 Å². The highest BCUT2D eigenvalue weighted by atomic mass is 16.5. The predicted molar refractivity (Wildman–Crippen MR) is 63.2 cm³/mol. The van der Waals surface area contributed by atoms with Gasteiger partial charge in [-0.05, 0) is 24.5 Å². The van der Waals surface area contributed by atoms with Crippen molar-refractivity contribution in [1.82, 2.24) is 0 Å². The monoisotopic (exact) mass is 216 g/mol. The van der Waals surface area contributed by atoms with E-state index in [-0.39, 0.29) is 6.61 Å². The van der Waals surface area contributed by atoms with E-state index in [2.05, 4.69) is 11.8 Å². The third-order valence-electron chi connectivity index (χ3n) is 2.67. The topological polar surface area (TPSA) is 29.5 Å². The molecule has 1 aromatic carbocycles. The third-order valence-corrected chi connectivity index (χ3v) is 2.67. The summed E-state index contributed by atoms with van der Waals surface area (Å²) in [7, 11) is 0. The van der Waals surface area contributed by atoms with E-state index in [1.54, 1.807) is 0 Å². The van der Waals surface area contributed by atoms with Crippen molar-refractivity contribution in [1.29, 1.82) is 0 Å². The van der Waals surface area contributed by atoms with Crippen LogP contribution in [0.15, 0.2) is 24.3 Å². The largest absolute Gasteiger partial charge is 0.492 e. The second-order valence-electron chi connectivity index (χ2n) is 4.04. The summed E-state index contributed by atoms with van der Waals surface area (Å²) in [6, 6.07) is 7.70. The number of benzene rings is 1. The molecule has 0 heterocycles. The van der Waals surface area contributed by atoms with Gasteiger partial charge in [0.05, 0.1) is 12.2 Å². The zero-order valence-electron chi connectivity index (χ0n) is 9.28. The molecule has 0 atom stereocenters. The van der Waals surface area contributed by atoms with Crippen molar-refractivity contribution in [3.63, 3.8) is 0 Å². The molecule has 1 N–H and O–H groups in total. The molecule has 0 unspecified atom stereocenters. The molecule has 1 saturated carbocycles. The number of para-hydroxylation sites is 1. The van der Waals surface area contributed by atoms with E-state index in [1.165, 1.54) is 12.8 Å². The molecule has 0 aliphatic heterocycles. The molecule has 0 radical (unpaired) electrons. The Bertz CT molecular complexity index is 397. The molecular formula is C14H16O2. The minimum Gasteiger partial charge on any atom is -0.492 e. The molecule has 1 fully saturated rings. The summed E-state index contributed by atoms with van der Waals surface area (Å²) in [6.07, 6.45) is 3.85. The summed E-state index contributed by atoms with van der Waals surface area (Å²) in [4.78, 5) is 0. The van der Waals surface area contributed by atoms with E-state index >= 15 is 0 Å². The molecule has 2 heteroatoms. The van der Waals surface area contributed by atoms with Crippen molar-refractivity contribution in [2.45, 2.75) is 19.3 Å². The summed E-state index contributed by atoms with van der Waals surface area (Å²) in [5.41, 5.74) is 0.854. The Hall–Kier alpha value is -1.46. The number of hydrogen-bond acceptors (Lipinski definition) is 2. The SMILES string of the molecule is OCC#Cc1ccccc1OCCC1CC1. The quantitative estimate of drug-likeness (QED) is 0.782. The van der Waals surface area contributed by atoms with Crippen molar-refractivity contribution in [2.24, 2.45) is 5.92 Å². The van der Waals surface area contributed by atoms with Crippen LogP contribution in [0.4, 0.5) is 0 Å². The van der Waals surface area contributed by atoms with Crippen LogP contribution in [-0.4, -0.2) is 18.3 Å². The number of aliphatic hydroxyl groups excluding tert-OH is 1. The summed E-state index contributed by atoms with van der Waals surface area (Å²) in [5.74, 6) is 7.24. The molecule has 2 nitrogen and oxygen atoms in total. The fourth-order valence-corrected chi connectivity index (χ4v) is 1.57. The molecule has 16 heavy (non-hydrogen) atoms. The Kier molecular flexibility index (Phi) is 3.85. The van der Waals surface area contributed by atoms with Gasteiger partial charge in [-0.2, -0.15) is 0 Å². The van der Waals surface area contributed by atoms with Crippen LogP contribution >= 0.6 is 0 Å². The normalized spacial score (nSPS) is 14.1. The summed E-state index contributed by atoms with van der Waals surface area (Å²) in [6.45, 7) is 0.652. The van der Waals surface area contributed by atoms with Gasteiger partial charge in [-0.1, -0.05) is 36.8 Å². The Morgan fingerprint density at radius 2 is 2.12 bits per heavy atom. The lowest BCUT2D eigenvalue weighted by molar-refractivity contribution is 0.301. The smallest absolute Gasteiger partial charge is 0.134 e. The number of hydrogen-bond donors (Lipinski definition) is 1. The minimum absolute atomic E-state index is 0.115. The van der Waals surface area contributed by atoms with Crippen LogP contribution in [0.1, 0.15) is 24.8 Å². The molecule has 1 aliphatic rings. The standard InChI is InChI=1S/C14H16O2/c15-10-3-5-13-4-1-2-6-14(13)16-11-9-12-7-8-12/h1-2,4,6,12,15H,7-11H2. The maximum Gasteiger partial charge on any atom is 0.134 e. The highest BCUT2D eigenvalue weighted by molar-refractivity contribution is 5.45. The van der Waals surface area contributed by atoms with Gasteiger partial charge in [0.1, 0.15) is 12.4 Å². The molecule has 0 saturated heterocycles. The summed E-state index contributed by atoms with van der Waals surface area (Å²) < 4.78 is 5.70. The number of aliphatic hydroxyl groups is 1. The lowest BCUT2D eigenvalue weighted by Crippen LogP contribution is -1.99. The maximum atomic E-state index is 8.66. The third kappa shape index (κ3) is 3.29. The van der Waals surface area contributed by atoms with Gasteiger partial charge in [0.2, 0.25) is 0 Å². The first-order valence-electron chi connectivity index (χ1n) is 5.71. The molecule has 1 aliphatic carbocycles. The van der Waals surface area contributed by atoms with E-state index in [9.17, 15) is 0 Å². The van der Waals surface area contributed by atoms with Crippen LogP contribution in [0.2, 0.25) is 0 Å². The minimum atomic E-state index is -0.115. The summed E-state index contributed by atoms with van der Waals surface area (Å²) >= 11 is 0. The van der Waals surface area contributed by atoms with E-state index in [4.69, 9.17) is 9.84 Å². The Morgan fingerprint density at radius 3 is 2.88 bits per heavy atom. The van der Waals surface area contributed by atoms with Crippen LogP contribution in [0.5, 0.6) is 5.75 Å². The first-order chi connectivity index (χ1) is 7.90. The van der Waals surface area contributed by atoms with Gasteiger partial charge >= 0.3 is 0 Å². The molecule has 0 aromatic heterocycles. The zero-order chi connectivity index (χ0) is 11.2. The Labute approximate surface area is 96.3 Å². The molecule has 84 valence electrons. The number of rotatable bonds is 4. The molecule has 0 spiro atoms. The van der Waals surface area contributed by atoms with Crippen LogP contribution in [0.25, 0.3) is 0 Å². The van der Waals surface area contributed by atoms with Gasteiger partial charge in [0.15, 0.2) is 0 Å². The van der Waals surface area contributed by atoms with Gasteiger partial charge < -0.3 is 9.84 Å². The highest BCUT2D eigenvalue weighted by Gasteiger charge is 2.20. The van der Waals surface area contributed by atoms with Crippen molar-refractivity contribution in [3.8, 4) is 17.6 Å². The number of ether oxygens (including phenoxy) is 1. The molecule has 0 amide bonds. The van der Waals surface area contributed by atoms with Crippen LogP contribution in [0, 0.1) is 17.8 Å². The highest BCUT2D eigenvalue weighted by Crippen LogP contribution is 2.32. The van der Waals surface area contributed by atoms with Crippen LogP contribution in [-0.2, 0) is 0 Å². The van der Waals surface area contributed by atoms with Gasteiger partial charge in [-0.25, -0.2) is 0 Å². The van der Waals surface area contributed by atoms with Gasteiger partial charge in [-0.3, -0.25) is 0 Å².